The minimum absolute atomic E-state index is 0.213. The Kier molecular flexibility index (Phi) is 7.15. The monoisotopic (exact) mass is 394 g/mol. The van der Waals surface area contributed by atoms with Crippen LogP contribution in [0.3, 0.4) is 0 Å². The van der Waals surface area contributed by atoms with Gasteiger partial charge < -0.3 is 9.64 Å². The third kappa shape index (κ3) is 5.40. The van der Waals surface area contributed by atoms with Gasteiger partial charge in [-0.15, -0.1) is 0 Å². The van der Waals surface area contributed by atoms with Crippen molar-refractivity contribution in [1.29, 1.82) is 0 Å². The summed E-state index contributed by atoms with van der Waals surface area (Å²) >= 11 is 0. The maximum Gasteiger partial charge on any atom is 0.330 e. The second-order valence-corrected chi connectivity index (χ2v) is 8.38. The van der Waals surface area contributed by atoms with Crippen LogP contribution in [-0.2, 0) is 24.3 Å². The van der Waals surface area contributed by atoms with Gasteiger partial charge in [-0.3, -0.25) is 4.79 Å². The van der Waals surface area contributed by atoms with Crippen molar-refractivity contribution in [2.75, 3.05) is 32.8 Å². The highest BCUT2D eigenvalue weighted by Crippen LogP contribution is 2.22. The Morgan fingerprint density at radius 1 is 1.15 bits per heavy atom. The molecule has 2 rings (SSSR count). The first-order chi connectivity index (χ1) is 12.8. The maximum absolute atomic E-state index is 12.9. The van der Waals surface area contributed by atoms with E-state index in [9.17, 15) is 18.0 Å². The normalized spacial score (nSPS) is 15.9. The molecule has 1 aliphatic rings. The summed E-state index contributed by atoms with van der Waals surface area (Å²) in [6, 6.07) is 5.25. The quantitative estimate of drug-likeness (QED) is 0.541. The molecule has 0 N–H and O–H groups in total. The highest BCUT2D eigenvalue weighted by Gasteiger charge is 2.31. The molecule has 0 atom stereocenters. The van der Waals surface area contributed by atoms with Gasteiger partial charge in [-0.25, -0.2) is 13.2 Å². The molecule has 0 saturated carbocycles. The summed E-state index contributed by atoms with van der Waals surface area (Å²) in [5.41, 5.74) is 1.71. The first kappa shape index (κ1) is 21.1. The number of hydrogen-bond donors (Lipinski definition) is 0. The zero-order valence-corrected chi connectivity index (χ0v) is 16.8. The van der Waals surface area contributed by atoms with E-state index in [2.05, 4.69) is 0 Å². The van der Waals surface area contributed by atoms with Crippen molar-refractivity contribution in [1.82, 2.24) is 9.21 Å². The van der Waals surface area contributed by atoms with Gasteiger partial charge in [0.1, 0.15) is 0 Å². The van der Waals surface area contributed by atoms with E-state index in [1.165, 1.54) is 15.3 Å². The van der Waals surface area contributed by atoms with E-state index in [0.717, 1.165) is 5.56 Å². The van der Waals surface area contributed by atoms with E-state index in [1.54, 1.807) is 25.1 Å². The van der Waals surface area contributed by atoms with Crippen molar-refractivity contribution in [2.45, 2.75) is 32.1 Å². The van der Waals surface area contributed by atoms with Crippen molar-refractivity contribution in [3.63, 3.8) is 0 Å². The number of esters is 1. The van der Waals surface area contributed by atoms with Crippen LogP contribution in [0.5, 0.6) is 0 Å². The molecule has 1 heterocycles. The van der Waals surface area contributed by atoms with Crippen molar-refractivity contribution in [2.24, 2.45) is 0 Å². The van der Waals surface area contributed by atoms with E-state index < -0.39 is 16.0 Å². The van der Waals surface area contributed by atoms with Gasteiger partial charge in [0, 0.05) is 32.3 Å². The number of hydrogen-bond acceptors (Lipinski definition) is 5. The number of sulfonamides is 1. The Morgan fingerprint density at radius 2 is 1.81 bits per heavy atom. The third-order valence-corrected chi connectivity index (χ3v) is 6.43. The lowest BCUT2D eigenvalue weighted by Gasteiger charge is -2.34. The van der Waals surface area contributed by atoms with Crippen molar-refractivity contribution >= 4 is 21.9 Å². The van der Waals surface area contributed by atoms with Gasteiger partial charge in [0.25, 0.3) is 5.91 Å². The molecule has 0 bridgehead atoms. The fourth-order valence-electron chi connectivity index (χ4n) is 2.89. The smallest absolute Gasteiger partial charge is 0.330 e. The average molecular weight is 394 g/mol. The minimum Gasteiger partial charge on any atom is -0.452 e. The van der Waals surface area contributed by atoms with Gasteiger partial charge in [-0.1, -0.05) is 30.7 Å². The molecule has 0 aromatic heterocycles. The summed E-state index contributed by atoms with van der Waals surface area (Å²) in [7, 11) is -3.59. The van der Waals surface area contributed by atoms with Crippen LogP contribution in [0.1, 0.15) is 24.5 Å². The molecule has 1 amide bonds. The Morgan fingerprint density at radius 3 is 2.41 bits per heavy atom. The Bertz CT molecular complexity index is 825. The number of aryl methyl sites for hydroxylation is 2. The lowest BCUT2D eigenvalue weighted by atomic mass is 10.2. The van der Waals surface area contributed by atoms with Gasteiger partial charge >= 0.3 is 5.97 Å². The molecule has 7 nitrogen and oxygen atoms in total. The number of rotatable bonds is 6. The molecule has 27 heavy (non-hydrogen) atoms. The molecule has 1 aromatic carbocycles. The summed E-state index contributed by atoms with van der Waals surface area (Å²) in [4.78, 5) is 25.4. The Balaban J connectivity index is 1.93. The van der Waals surface area contributed by atoms with Crippen molar-refractivity contribution in [3.05, 3.63) is 41.5 Å². The summed E-state index contributed by atoms with van der Waals surface area (Å²) in [5, 5.41) is 0. The molecule has 8 heteroatoms. The molecule has 0 radical (unpaired) electrons. The van der Waals surface area contributed by atoms with Crippen LogP contribution in [0, 0.1) is 13.8 Å². The van der Waals surface area contributed by atoms with Crippen LogP contribution in [0.25, 0.3) is 0 Å². The van der Waals surface area contributed by atoms with Gasteiger partial charge in [0.05, 0.1) is 4.90 Å². The number of carbonyl (C=O) groups is 2. The van der Waals surface area contributed by atoms with E-state index in [0.29, 0.717) is 16.9 Å². The number of ether oxygens (including phenoxy) is 1. The minimum atomic E-state index is -3.59. The first-order valence-corrected chi connectivity index (χ1v) is 10.4. The van der Waals surface area contributed by atoms with Gasteiger partial charge in [-0.05, 0) is 31.9 Å². The van der Waals surface area contributed by atoms with E-state index >= 15 is 0 Å². The van der Waals surface area contributed by atoms with Crippen LogP contribution >= 0.6 is 0 Å². The molecule has 1 aliphatic heterocycles. The van der Waals surface area contributed by atoms with Crippen LogP contribution in [0.15, 0.2) is 35.2 Å². The lowest BCUT2D eigenvalue weighted by molar-refractivity contribution is -0.148. The standard InChI is InChI=1S/C19H26N2O5S/c1-4-5-6-19(23)26-14-18(22)20-9-11-21(12-10-20)27(24,25)17-8-7-15(2)13-16(17)3/h5-8,13H,4,9-12,14H2,1-3H3/b6-5+. The van der Waals surface area contributed by atoms with Crippen LogP contribution in [-0.4, -0.2) is 62.3 Å². The second kappa shape index (κ2) is 9.14. The van der Waals surface area contributed by atoms with Crippen molar-refractivity contribution < 1.29 is 22.7 Å². The summed E-state index contributed by atoms with van der Waals surface area (Å²) < 4.78 is 32.0. The topological polar surface area (TPSA) is 84.0 Å². The number of benzene rings is 1. The predicted octanol–water partition coefficient (Wildman–Crippen LogP) is 1.65. The SMILES string of the molecule is CC/C=C/C(=O)OCC(=O)N1CCN(S(=O)(=O)c2ccc(C)cc2C)CC1. The Hall–Kier alpha value is -2.19. The maximum atomic E-state index is 12.9. The summed E-state index contributed by atoms with van der Waals surface area (Å²) in [6.07, 6.45) is 3.66. The number of allylic oxidation sites excluding steroid dienone is 1. The molecule has 1 fully saturated rings. The zero-order valence-electron chi connectivity index (χ0n) is 16.0. The fraction of sp³-hybridized carbons (Fsp3) is 0.474. The number of piperazine rings is 1. The summed E-state index contributed by atoms with van der Waals surface area (Å²) in [5.74, 6) is -0.877. The number of carbonyl (C=O) groups excluding carboxylic acids is 2. The van der Waals surface area contributed by atoms with E-state index in [4.69, 9.17) is 4.74 Å². The van der Waals surface area contributed by atoms with E-state index in [-0.39, 0.29) is 38.7 Å². The molecule has 148 valence electrons. The molecule has 1 saturated heterocycles. The van der Waals surface area contributed by atoms with Gasteiger partial charge in [0.2, 0.25) is 10.0 Å². The number of amides is 1. The van der Waals surface area contributed by atoms with Gasteiger partial charge in [-0.2, -0.15) is 4.31 Å². The molecule has 0 spiro atoms. The van der Waals surface area contributed by atoms with Crippen LogP contribution in [0.2, 0.25) is 0 Å². The highest BCUT2D eigenvalue weighted by molar-refractivity contribution is 7.89. The Labute approximate surface area is 160 Å². The predicted molar refractivity (Wildman–Crippen MR) is 102 cm³/mol. The fourth-order valence-corrected chi connectivity index (χ4v) is 4.52. The molecule has 0 unspecified atom stereocenters. The largest absolute Gasteiger partial charge is 0.452 e. The molecule has 0 aliphatic carbocycles. The molecular formula is C19H26N2O5S. The van der Waals surface area contributed by atoms with Crippen LogP contribution < -0.4 is 0 Å². The summed E-state index contributed by atoms with van der Waals surface area (Å²) in [6.45, 7) is 6.21. The average Bonchev–Trinajstić information content (AvgIpc) is 2.64. The number of nitrogens with zero attached hydrogens (tertiary/aromatic N) is 2. The zero-order chi connectivity index (χ0) is 20.0. The lowest BCUT2D eigenvalue weighted by Crippen LogP contribution is -2.51. The van der Waals surface area contributed by atoms with Gasteiger partial charge in [0.15, 0.2) is 6.61 Å². The van der Waals surface area contributed by atoms with Crippen molar-refractivity contribution in [3.8, 4) is 0 Å². The second-order valence-electron chi connectivity index (χ2n) is 6.47. The molecular weight excluding hydrogens is 368 g/mol. The third-order valence-electron chi connectivity index (χ3n) is 4.37. The van der Waals surface area contributed by atoms with E-state index in [1.807, 2.05) is 19.9 Å². The molecule has 1 aromatic rings. The highest BCUT2D eigenvalue weighted by atomic mass is 32.2. The first-order valence-electron chi connectivity index (χ1n) is 8.94. The van der Waals surface area contributed by atoms with Crippen LogP contribution in [0.4, 0.5) is 0 Å².